The molecule has 2 nitrogen and oxygen atoms in total. The van der Waals surface area contributed by atoms with Crippen LogP contribution in [-0.4, -0.2) is 37.7 Å². The van der Waals surface area contributed by atoms with E-state index in [1.807, 2.05) is 24.3 Å². The van der Waals surface area contributed by atoms with Crippen molar-refractivity contribution >= 4 is 37.7 Å². The van der Waals surface area contributed by atoms with Gasteiger partial charge in [-0.2, -0.15) is 0 Å². The molecule has 2 aromatic carbocycles. The summed E-state index contributed by atoms with van der Waals surface area (Å²) in [6.45, 7) is 8.47. The summed E-state index contributed by atoms with van der Waals surface area (Å²) in [5, 5.41) is 22.3. The van der Waals surface area contributed by atoms with Crippen molar-refractivity contribution in [2.45, 2.75) is 40.5 Å². The van der Waals surface area contributed by atoms with Gasteiger partial charge in [-0.05, 0) is 24.7 Å². The zero-order valence-corrected chi connectivity index (χ0v) is 16.9. The van der Waals surface area contributed by atoms with Crippen LogP contribution in [0.15, 0.2) is 48.5 Å². The third-order valence-corrected chi connectivity index (χ3v) is 3.20. The van der Waals surface area contributed by atoms with Crippen molar-refractivity contribution in [1.82, 2.24) is 0 Å². The van der Waals surface area contributed by atoms with Gasteiger partial charge >= 0.3 is 37.7 Å². The average molecular weight is 339 g/mol. The fourth-order valence-corrected chi connectivity index (χ4v) is 2.22. The molecule has 0 N–H and O–H groups in total. The first-order valence-electron chi connectivity index (χ1n) is 7.90. The van der Waals surface area contributed by atoms with E-state index in [1.165, 1.54) is 0 Å². The van der Waals surface area contributed by atoms with Crippen LogP contribution in [0.3, 0.4) is 0 Å². The maximum absolute atomic E-state index is 11.2. The molecule has 0 unspecified atom stereocenters. The molecule has 23 heavy (non-hydrogen) atoms. The molecule has 3 heteroatoms. The normalized spacial score (nSPS) is 10.0. The van der Waals surface area contributed by atoms with E-state index in [2.05, 4.69) is 27.7 Å². The molecule has 0 aliphatic carbocycles. The van der Waals surface area contributed by atoms with E-state index in [-0.39, 0.29) is 49.2 Å². The predicted molar refractivity (Wildman–Crippen MR) is 94.6 cm³/mol. The van der Waals surface area contributed by atoms with Gasteiger partial charge in [-0.3, -0.25) is 0 Å². The molecular weight excluding hydrogens is 312 g/mol. The number of para-hydroxylation sites is 2. The Kier molecular flexibility index (Phi) is 11.4. The molecule has 0 bridgehead atoms. The minimum atomic E-state index is 0. The maximum Gasteiger partial charge on any atom is 2.00 e. The van der Waals surface area contributed by atoms with Crippen LogP contribution in [-0.2, 0) is 12.8 Å². The molecule has 0 saturated heterocycles. The molecule has 2 rings (SSSR count). The van der Waals surface area contributed by atoms with Gasteiger partial charge in [-0.25, -0.2) is 0 Å². The van der Waals surface area contributed by atoms with E-state index in [4.69, 9.17) is 0 Å². The molecule has 0 atom stereocenters. The average Bonchev–Trinajstić information content (AvgIpc) is 2.44. The van der Waals surface area contributed by atoms with Crippen molar-refractivity contribution in [3.05, 3.63) is 59.7 Å². The summed E-state index contributed by atoms with van der Waals surface area (Å²) in [6, 6.07) is 14.5. The molecule has 0 amide bonds. The Morgan fingerprint density at radius 2 is 0.957 bits per heavy atom. The smallest absolute Gasteiger partial charge is 0.872 e. The Morgan fingerprint density at radius 1 is 0.652 bits per heavy atom. The first-order valence-corrected chi connectivity index (χ1v) is 7.90. The molecule has 0 aromatic heterocycles. The van der Waals surface area contributed by atoms with E-state index < -0.39 is 0 Å². The SMILES string of the molecule is CC(C)Cc1ccccc1[O-].CC(C)Cc1ccccc1[O-].[Ca+2]. The van der Waals surface area contributed by atoms with Gasteiger partial charge in [0.15, 0.2) is 0 Å². The van der Waals surface area contributed by atoms with Gasteiger partial charge in [0, 0.05) is 0 Å². The van der Waals surface area contributed by atoms with Crippen LogP contribution in [0, 0.1) is 11.8 Å². The minimum absolute atomic E-state index is 0. The molecule has 120 valence electrons. The standard InChI is InChI=1S/2C10H14O.Ca/c2*1-8(2)7-9-5-3-4-6-10(9)11;/h2*3-6,8,11H,7H2,1-2H3;/q;;+2/p-2. The largest absolute Gasteiger partial charge is 2.00 e. The molecule has 0 spiro atoms. The zero-order valence-electron chi connectivity index (χ0n) is 14.7. The van der Waals surface area contributed by atoms with Gasteiger partial charge in [0.05, 0.1) is 0 Å². The van der Waals surface area contributed by atoms with E-state index in [0.717, 1.165) is 24.0 Å². The van der Waals surface area contributed by atoms with Crippen molar-refractivity contribution < 1.29 is 10.2 Å². The number of hydrogen-bond acceptors (Lipinski definition) is 2. The van der Waals surface area contributed by atoms with E-state index >= 15 is 0 Å². The second-order valence-electron chi connectivity index (χ2n) is 6.41. The van der Waals surface area contributed by atoms with Crippen molar-refractivity contribution in [3.63, 3.8) is 0 Å². The summed E-state index contributed by atoms with van der Waals surface area (Å²) in [4.78, 5) is 0. The summed E-state index contributed by atoms with van der Waals surface area (Å²) >= 11 is 0. The van der Waals surface area contributed by atoms with Gasteiger partial charge in [0.2, 0.25) is 0 Å². The second-order valence-corrected chi connectivity index (χ2v) is 6.41. The number of benzene rings is 2. The molecule has 0 aliphatic rings. The topological polar surface area (TPSA) is 46.1 Å². The van der Waals surface area contributed by atoms with Crippen LogP contribution in [0.2, 0.25) is 0 Å². The molecule has 0 aliphatic heterocycles. The minimum Gasteiger partial charge on any atom is -0.872 e. The van der Waals surface area contributed by atoms with Crippen LogP contribution < -0.4 is 10.2 Å². The molecule has 0 heterocycles. The van der Waals surface area contributed by atoms with Gasteiger partial charge < -0.3 is 10.2 Å². The Bertz CT molecular complexity index is 514. The summed E-state index contributed by atoms with van der Waals surface area (Å²) in [7, 11) is 0. The van der Waals surface area contributed by atoms with Crippen molar-refractivity contribution in [2.75, 3.05) is 0 Å². The van der Waals surface area contributed by atoms with Crippen molar-refractivity contribution in [3.8, 4) is 11.5 Å². The fourth-order valence-electron chi connectivity index (χ4n) is 2.22. The summed E-state index contributed by atoms with van der Waals surface area (Å²) in [5.74, 6) is 1.46. The molecule has 0 fully saturated rings. The maximum atomic E-state index is 11.2. The molecule has 0 saturated carbocycles. The van der Waals surface area contributed by atoms with E-state index in [1.54, 1.807) is 24.3 Å². The monoisotopic (exact) mass is 338 g/mol. The van der Waals surface area contributed by atoms with Crippen LogP contribution in [0.25, 0.3) is 0 Å². The Hall–Kier alpha value is -0.700. The van der Waals surface area contributed by atoms with Crippen LogP contribution in [0.1, 0.15) is 38.8 Å². The molecule has 2 aromatic rings. The van der Waals surface area contributed by atoms with Gasteiger partial charge in [-0.1, -0.05) is 87.4 Å². The van der Waals surface area contributed by atoms with E-state index in [9.17, 15) is 10.2 Å². The molecule has 0 radical (unpaired) electrons. The number of rotatable bonds is 4. The molecular formula is C20H26CaO2. The summed E-state index contributed by atoms with van der Waals surface area (Å²) < 4.78 is 0. The quantitative estimate of drug-likeness (QED) is 0.801. The van der Waals surface area contributed by atoms with Crippen LogP contribution in [0.5, 0.6) is 11.5 Å². The van der Waals surface area contributed by atoms with Gasteiger partial charge in [0.1, 0.15) is 0 Å². The summed E-state index contributed by atoms with van der Waals surface area (Å²) in [5.41, 5.74) is 1.87. The van der Waals surface area contributed by atoms with Crippen LogP contribution in [0.4, 0.5) is 0 Å². The zero-order chi connectivity index (χ0) is 16.5. The van der Waals surface area contributed by atoms with E-state index in [0.29, 0.717) is 11.8 Å². The fraction of sp³-hybridized carbons (Fsp3) is 0.400. The Balaban J connectivity index is 0.000000403. The summed E-state index contributed by atoms with van der Waals surface area (Å²) in [6.07, 6.45) is 1.78. The third-order valence-electron chi connectivity index (χ3n) is 3.20. The van der Waals surface area contributed by atoms with Crippen molar-refractivity contribution in [1.29, 1.82) is 0 Å². The predicted octanol–water partition coefficient (Wildman–Crippen LogP) is 3.54. The number of hydrogen-bond donors (Lipinski definition) is 0. The Labute approximate surface area is 170 Å². The van der Waals surface area contributed by atoms with Crippen LogP contribution >= 0.6 is 0 Å². The second kappa shape index (κ2) is 11.8. The van der Waals surface area contributed by atoms with Crippen molar-refractivity contribution in [2.24, 2.45) is 11.8 Å². The van der Waals surface area contributed by atoms with Gasteiger partial charge in [-0.15, -0.1) is 11.5 Å². The van der Waals surface area contributed by atoms with Gasteiger partial charge in [0.25, 0.3) is 0 Å². The Morgan fingerprint density at radius 3 is 1.22 bits per heavy atom. The third kappa shape index (κ3) is 9.24. The first-order chi connectivity index (χ1) is 10.4. The first kappa shape index (κ1) is 22.3.